The van der Waals surface area contributed by atoms with Crippen LogP contribution in [0.4, 0.5) is 11.5 Å². The summed E-state index contributed by atoms with van der Waals surface area (Å²) in [5.74, 6) is -0.488. The van der Waals surface area contributed by atoms with Crippen LogP contribution in [-0.2, 0) is 11.3 Å². The van der Waals surface area contributed by atoms with Gasteiger partial charge in [0, 0.05) is 25.6 Å². The summed E-state index contributed by atoms with van der Waals surface area (Å²) < 4.78 is 8.19. The van der Waals surface area contributed by atoms with Crippen LogP contribution < -0.4 is 21.9 Å². The number of carbonyl (C=O) groups excluding carboxylic acids is 1. The van der Waals surface area contributed by atoms with E-state index in [1.54, 1.807) is 16.8 Å². The van der Waals surface area contributed by atoms with Gasteiger partial charge in [0.2, 0.25) is 0 Å². The molecule has 1 aromatic carbocycles. The first kappa shape index (κ1) is 25.7. The molecule has 0 spiro atoms. The quantitative estimate of drug-likeness (QED) is 0.340. The number of hydrogen-bond donors (Lipinski definition) is 2. The molecule has 0 unspecified atom stereocenters. The summed E-state index contributed by atoms with van der Waals surface area (Å²) in [5, 5.41) is 5.92. The van der Waals surface area contributed by atoms with Gasteiger partial charge in [-0.25, -0.2) is 9.48 Å². The highest BCUT2D eigenvalue weighted by atomic mass is 35.5. The van der Waals surface area contributed by atoms with Crippen molar-refractivity contribution >= 4 is 50.6 Å². The standard InChI is InChI=1S/C24H27ClN6O4S/c1-4-5-10-30-20(26)19(21(32)27-24(30)34)29(11-12-35-3)22(33)18-13-15-14(2)28-31(23(15)36-18)17-9-7-6-8-16(17)25/h6-9,13H,4-5,10-12,26H2,1-3H3,(H,27,32,34). The summed E-state index contributed by atoms with van der Waals surface area (Å²) in [4.78, 5) is 43.7. The first-order chi connectivity index (χ1) is 17.3. The molecule has 12 heteroatoms. The number of carbonyl (C=O) groups is 1. The highest BCUT2D eigenvalue weighted by molar-refractivity contribution is 7.20. The maximum Gasteiger partial charge on any atom is 0.330 e. The van der Waals surface area contributed by atoms with Gasteiger partial charge in [0.1, 0.15) is 10.6 Å². The number of anilines is 2. The molecular weight excluding hydrogens is 504 g/mol. The SMILES string of the molecule is CCCCn1c(N)c(N(CCOC)C(=O)c2cc3c(C)nn(-c4ccccc4Cl)c3s2)c(=O)[nH]c1=O. The van der Waals surface area contributed by atoms with Crippen molar-refractivity contribution in [2.24, 2.45) is 0 Å². The summed E-state index contributed by atoms with van der Waals surface area (Å²) in [6.07, 6.45) is 1.52. The molecular formula is C24H27ClN6O4S. The average molecular weight is 531 g/mol. The van der Waals surface area contributed by atoms with Gasteiger partial charge in [-0.3, -0.25) is 24.0 Å². The van der Waals surface area contributed by atoms with Gasteiger partial charge in [-0.05, 0) is 31.5 Å². The first-order valence-electron chi connectivity index (χ1n) is 11.5. The van der Waals surface area contributed by atoms with Gasteiger partial charge < -0.3 is 10.5 Å². The van der Waals surface area contributed by atoms with E-state index in [1.165, 1.54) is 27.9 Å². The van der Waals surface area contributed by atoms with Crippen molar-refractivity contribution in [1.82, 2.24) is 19.3 Å². The van der Waals surface area contributed by atoms with E-state index >= 15 is 0 Å². The van der Waals surface area contributed by atoms with E-state index in [2.05, 4.69) is 10.1 Å². The maximum atomic E-state index is 13.8. The van der Waals surface area contributed by atoms with Gasteiger partial charge >= 0.3 is 5.69 Å². The fraction of sp³-hybridized carbons (Fsp3) is 0.333. The summed E-state index contributed by atoms with van der Waals surface area (Å²) in [5.41, 5.74) is 6.31. The molecule has 0 aliphatic carbocycles. The minimum Gasteiger partial charge on any atom is -0.383 e. The maximum absolute atomic E-state index is 13.8. The Bertz CT molecular complexity index is 1540. The van der Waals surface area contributed by atoms with Crippen LogP contribution in [0.3, 0.4) is 0 Å². The molecule has 3 aromatic heterocycles. The lowest BCUT2D eigenvalue weighted by Gasteiger charge is -2.23. The molecule has 4 aromatic rings. The number of aryl methyl sites for hydroxylation is 1. The zero-order valence-corrected chi connectivity index (χ0v) is 21.8. The van der Waals surface area contributed by atoms with Crippen molar-refractivity contribution < 1.29 is 9.53 Å². The van der Waals surface area contributed by atoms with Crippen LogP contribution in [0.5, 0.6) is 0 Å². The highest BCUT2D eigenvalue weighted by Crippen LogP contribution is 2.33. The number of H-pyrrole nitrogens is 1. The number of aromatic amines is 1. The van der Waals surface area contributed by atoms with Crippen molar-refractivity contribution in [2.75, 3.05) is 30.9 Å². The Hall–Kier alpha value is -3.41. The van der Waals surface area contributed by atoms with E-state index in [1.807, 2.05) is 32.0 Å². The lowest BCUT2D eigenvalue weighted by molar-refractivity contribution is 0.0979. The van der Waals surface area contributed by atoms with Crippen molar-refractivity contribution in [3.05, 3.63) is 66.8 Å². The van der Waals surface area contributed by atoms with Gasteiger partial charge in [0.15, 0.2) is 5.69 Å². The number of unbranched alkanes of at least 4 members (excludes halogenated alkanes) is 1. The predicted octanol–water partition coefficient (Wildman–Crippen LogP) is 3.57. The number of amides is 1. The largest absolute Gasteiger partial charge is 0.383 e. The molecule has 4 rings (SSSR count). The molecule has 190 valence electrons. The number of nitrogen functional groups attached to an aromatic ring is 1. The number of halogens is 1. The van der Waals surface area contributed by atoms with Crippen LogP contribution >= 0.6 is 22.9 Å². The molecule has 36 heavy (non-hydrogen) atoms. The van der Waals surface area contributed by atoms with Crippen LogP contribution in [0.15, 0.2) is 39.9 Å². The second-order valence-corrected chi connectivity index (χ2v) is 9.66. The Morgan fingerprint density at radius 3 is 2.75 bits per heavy atom. The number of ether oxygens (including phenoxy) is 1. The first-order valence-corrected chi connectivity index (χ1v) is 12.6. The normalized spacial score (nSPS) is 11.3. The lowest BCUT2D eigenvalue weighted by atomic mass is 10.2. The molecule has 0 bridgehead atoms. The fourth-order valence-corrected chi connectivity index (χ4v) is 5.29. The Balaban J connectivity index is 1.83. The summed E-state index contributed by atoms with van der Waals surface area (Å²) >= 11 is 7.63. The number of hydrogen-bond acceptors (Lipinski definition) is 7. The number of methoxy groups -OCH3 is 1. The van der Waals surface area contributed by atoms with Gasteiger partial charge in [-0.15, -0.1) is 11.3 Å². The molecule has 1 amide bonds. The van der Waals surface area contributed by atoms with E-state index in [0.717, 1.165) is 22.3 Å². The van der Waals surface area contributed by atoms with E-state index in [9.17, 15) is 14.4 Å². The van der Waals surface area contributed by atoms with E-state index in [4.69, 9.17) is 22.1 Å². The minimum atomic E-state index is -0.728. The predicted molar refractivity (Wildman–Crippen MR) is 143 cm³/mol. The van der Waals surface area contributed by atoms with E-state index in [0.29, 0.717) is 28.6 Å². The van der Waals surface area contributed by atoms with Crippen LogP contribution in [0.25, 0.3) is 15.9 Å². The van der Waals surface area contributed by atoms with Crippen molar-refractivity contribution in [2.45, 2.75) is 33.2 Å². The summed E-state index contributed by atoms with van der Waals surface area (Å²) in [7, 11) is 1.50. The van der Waals surface area contributed by atoms with Gasteiger partial charge in [0.05, 0.1) is 27.9 Å². The number of thiophene rings is 1. The molecule has 3 N–H and O–H groups in total. The minimum absolute atomic E-state index is 0.0545. The Labute approximate surface area is 215 Å². The molecule has 0 atom stereocenters. The van der Waals surface area contributed by atoms with E-state index in [-0.39, 0.29) is 24.7 Å². The van der Waals surface area contributed by atoms with Crippen molar-refractivity contribution in [1.29, 1.82) is 0 Å². The van der Waals surface area contributed by atoms with Crippen LogP contribution in [0, 0.1) is 6.92 Å². The fourth-order valence-electron chi connectivity index (χ4n) is 3.95. The molecule has 0 aliphatic rings. The highest BCUT2D eigenvalue weighted by Gasteiger charge is 2.27. The average Bonchev–Trinajstić information content (AvgIpc) is 3.41. The Morgan fingerprint density at radius 1 is 1.31 bits per heavy atom. The van der Waals surface area contributed by atoms with Crippen molar-refractivity contribution in [3.8, 4) is 5.69 Å². The van der Waals surface area contributed by atoms with Gasteiger partial charge in [0.25, 0.3) is 11.5 Å². The number of nitrogens with two attached hydrogens (primary N) is 1. The number of fused-ring (bicyclic) bond motifs is 1. The number of nitrogens with one attached hydrogen (secondary N) is 1. The number of nitrogens with zero attached hydrogens (tertiary/aromatic N) is 4. The molecule has 0 fully saturated rings. The van der Waals surface area contributed by atoms with Crippen LogP contribution in [0.1, 0.15) is 35.1 Å². The lowest BCUT2D eigenvalue weighted by Crippen LogP contribution is -2.42. The summed E-state index contributed by atoms with van der Waals surface area (Å²) in [6.45, 7) is 4.39. The summed E-state index contributed by atoms with van der Waals surface area (Å²) in [6, 6.07) is 9.06. The molecule has 0 aliphatic heterocycles. The molecule has 0 radical (unpaired) electrons. The van der Waals surface area contributed by atoms with Crippen LogP contribution in [-0.4, -0.2) is 45.5 Å². The number of benzene rings is 1. The third-order valence-corrected chi connectivity index (χ3v) is 7.24. The zero-order chi connectivity index (χ0) is 26.0. The topological polar surface area (TPSA) is 128 Å². The van der Waals surface area contributed by atoms with E-state index < -0.39 is 17.2 Å². The van der Waals surface area contributed by atoms with Gasteiger partial charge in [-0.2, -0.15) is 5.10 Å². The molecule has 0 saturated heterocycles. The van der Waals surface area contributed by atoms with Gasteiger partial charge in [-0.1, -0.05) is 37.1 Å². The number of para-hydroxylation sites is 1. The molecule has 3 heterocycles. The Kier molecular flexibility index (Phi) is 7.62. The third kappa shape index (κ3) is 4.69. The van der Waals surface area contributed by atoms with Crippen LogP contribution in [0.2, 0.25) is 5.02 Å². The monoisotopic (exact) mass is 530 g/mol. The third-order valence-electron chi connectivity index (χ3n) is 5.82. The number of aromatic nitrogens is 4. The molecule has 0 saturated carbocycles. The second-order valence-electron chi connectivity index (χ2n) is 8.23. The Morgan fingerprint density at radius 2 is 2.06 bits per heavy atom. The van der Waals surface area contributed by atoms with Crippen molar-refractivity contribution in [3.63, 3.8) is 0 Å². The number of rotatable bonds is 9. The smallest absolute Gasteiger partial charge is 0.330 e. The molecule has 10 nitrogen and oxygen atoms in total. The zero-order valence-electron chi connectivity index (χ0n) is 20.2. The second kappa shape index (κ2) is 10.7.